The van der Waals surface area contributed by atoms with Crippen LogP contribution in [-0.2, 0) is 0 Å². The van der Waals surface area contributed by atoms with Gasteiger partial charge in [-0.25, -0.2) is 4.79 Å². The molecule has 2 N–H and O–H groups in total. The fraction of sp³-hybridized carbons (Fsp3) is 0. The van der Waals surface area contributed by atoms with Crippen molar-refractivity contribution in [2.45, 2.75) is 0 Å². The van der Waals surface area contributed by atoms with E-state index in [2.05, 4.69) is 5.32 Å². The topological polar surface area (TPSA) is 110 Å². The van der Waals surface area contributed by atoms with Gasteiger partial charge >= 0.3 is 5.97 Å². The molecule has 0 saturated carbocycles. The molecule has 0 bridgehead atoms. The van der Waals surface area contributed by atoms with Crippen molar-refractivity contribution in [2.75, 3.05) is 5.32 Å². The Morgan fingerprint density at radius 2 is 1.67 bits per heavy atom. The first-order valence-electron chi connectivity index (χ1n) is 5.87. The van der Waals surface area contributed by atoms with Gasteiger partial charge in [-0.05, 0) is 30.3 Å². The van der Waals surface area contributed by atoms with Crippen LogP contribution in [0.5, 0.6) is 0 Å². The molecule has 2 aromatic rings. The lowest BCUT2D eigenvalue weighted by Crippen LogP contribution is -2.14. The molecule has 0 unspecified atom stereocenters. The number of amides is 1. The molecule has 0 radical (unpaired) electrons. The van der Waals surface area contributed by atoms with E-state index < -0.39 is 16.8 Å². The van der Waals surface area contributed by atoms with Gasteiger partial charge in [-0.2, -0.15) is 0 Å². The number of carboxylic acid groups (broad SMARTS) is 1. The van der Waals surface area contributed by atoms with Crippen LogP contribution >= 0.6 is 0 Å². The lowest BCUT2D eigenvalue weighted by atomic mass is 10.1. The second kappa shape index (κ2) is 5.83. The zero-order chi connectivity index (χ0) is 15.4. The minimum Gasteiger partial charge on any atom is -0.478 e. The van der Waals surface area contributed by atoms with Crippen LogP contribution in [0.4, 0.5) is 11.4 Å². The fourth-order valence-corrected chi connectivity index (χ4v) is 1.72. The number of carbonyl (C=O) groups is 2. The summed E-state index contributed by atoms with van der Waals surface area (Å²) in [6, 6.07) is 11.1. The quantitative estimate of drug-likeness (QED) is 0.663. The summed E-state index contributed by atoms with van der Waals surface area (Å²) in [5.41, 5.74) is 0.0730. The van der Waals surface area contributed by atoms with Gasteiger partial charge in [0.25, 0.3) is 11.6 Å². The van der Waals surface area contributed by atoms with Crippen LogP contribution in [0.15, 0.2) is 48.5 Å². The maximum absolute atomic E-state index is 12.0. The number of anilines is 1. The zero-order valence-corrected chi connectivity index (χ0v) is 10.6. The van der Waals surface area contributed by atoms with Crippen LogP contribution in [0.3, 0.4) is 0 Å². The van der Waals surface area contributed by atoms with Crippen LogP contribution in [0.1, 0.15) is 20.7 Å². The van der Waals surface area contributed by atoms with Gasteiger partial charge in [0.2, 0.25) is 0 Å². The van der Waals surface area contributed by atoms with E-state index in [9.17, 15) is 19.7 Å². The molecule has 7 heteroatoms. The van der Waals surface area contributed by atoms with Crippen LogP contribution in [0, 0.1) is 10.1 Å². The molecule has 0 fully saturated rings. The van der Waals surface area contributed by atoms with Crippen LogP contribution < -0.4 is 5.32 Å². The number of nitrogens with one attached hydrogen (secondary N) is 1. The highest BCUT2D eigenvalue weighted by Gasteiger charge is 2.19. The number of carboxylic acids is 1. The minimum absolute atomic E-state index is 0.0650. The highest BCUT2D eigenvalue weighted by molar-refractivity contribution is 6.07. The number of nitro groups is 1. The Morgan fingerprint density at radius 1 is 1.05 bits per heavy atom. The van der Waals surface area contributed by atoms with Crippen LogP contribution in [0.2, 0.25) is 0 Å². The highest BCUT2D eigenvalue weighted by Crippen LogP contribution is 2.19. The van der Waals surface area contributed by atoms with E-state index in [0.29, 0.717) is 5.69 Å². The summed E-state index contributed by atoms with van der Waals surface area (Å²) in [5.74, 6) is -1.71. The van der Waals surface area contributed by atoms with Crippen molar-refractivity contribution in [3.63, 3.8) is 0 Å². The van der Waals surface area contributed by atoms with Gasteiger partial charge in [0.1, 0.15) is 5.56 Å². The van der Waals surface area contributed by atoms with Crippen molar-refractivity contribution in [1.29, 1.82) is 0 Å². The van der Waals surface area contributed by atoms with Gasteiger partial charge in [-0.15, -0.1) is 0 Å². The molecule has 0 spiro atoms. The first-order chi connectivity index (χ1) is 9.99. The fourth-order valence-electron chi connectivity index (χ4n) is 1.72. The Balaban J connectivity index is 2.22. The van der Waals surface area contributed by atoms with Crippen LogP contribution in [-0.4, -0.2) is 21.9 Å². The average Bonchev–Trinajstić information content (AvgIpc) is 2.47. The van der Waals surface area contributed by atoms with E-state index in [1.54, 1.807) is 0 Å². The molecule has 0 saturated heterocycles. The predicted molar refractivity (Wildman–Crippen MR) is 74.5 cm³/mol. The second-order valence-corrected chi connectivity index (χ2v) is 4.11. The van der Waals surface area contributed by atoms with Gasteiger partial charge in [-0.1, -0.05) is 12.1 Å². The molecule has 0 atom stereocenters. The summed E-state index contributed by atoms with van der Waals surface area (Å²) in [6.07, 6.45) is 0. The largest absolute Gasteiger partial charge is 0.478 e. The number of aromatic carboxylic acids is 1. The van der Waals surface area contributed by atoms with Gasteiger partial charge in [-0.3, -0.25) is 14.9 Å². The van der Waals surface area contributed by atoms with E-state index in [0.717, 1.165) is 0 Å². The standard InChI is InChI=1S/C14H10N2O5/c17-13(11-3-1-2-4-12(11)16(20)21)15-10-7-5-9(6-8-10)14(18)19/h1-8H,(H,15,17)(H,18,19). The lowest BCUT2D eigenvalue weighted by molar-refractivity contribution is -0.385. The number of benzene rings is 2. The predicted octanol–water partition coefficient (Wildman–Crippen LogP) is 2.55. The molecule has 2 aromatic carbocycles. The van der Waals surface area contributed by atoms with Gasteiger partial charge < -0.3 is 10.4 Å². The number of hydrogen-bond acceptors (Lipinski definition) is 4. The smallest absolute Gasteiger partial charge is 0.335 e. The summed E-state index contributed by atoms with van der Waals surface area (Å²) < 4.78 is 0. The third-order valence-corrected chi connectivity index (χ3v) is 2.74. The summed E-state index contributed by atoms with van der Waals surface area (Å²) in [5, 5.41) is 22.1. The number of nitrogens with zero attached hydrogens (tertiary/aromatic N) is 1. The molecule has 7 nitrogen and oxygen atoms in total. The Morgan fingerprint density at radius 3 is 2.24 bits per heavy atom. The normalized spacial score (nSPS) is 9.90. The molecule has 1 amide bonds. The van der Waals surface area contributed by atoms with E-state index in [4.69, 9.17) is 5.11 Å². The molecular formula is C14H10N2O5. The highest BCUT2D eigenvalue weighted by atomic mass is 16.6. The van der Waals surface area contributed by atoms with Crippen molar-refractivity contribution in [3.8, 4) is 0 Å². The third-order valence-electron chi connectivity index (χ3n) is 2.74. The summed E-state index contributed by atoms with van der Waals surface area (Å²) in [4.78, 5) is 33.0. The molecule has 21 heavy (non-hydrogen) atoms. The molecule has 2 rings (SSSR count). The molecule has 0 heterocycles. The third kappa shape index (κ3) is 3.21. The van der Waals surface area contributed by atoms with Gasteiger partial charge in [0, 0.05) is 11.8 Å². The number of carbonyl (C=O) groups excluding carboxylic acids is 1. The molecule has 0 aliphatic rings. The SMILES string of the molecule is O=C(O)c1ccc(NC(=O)c2ccccc2[N+](=O)[O-])cc1. The van der Waals surface area contributed by atoms with Crippen molar-refractivity contribution < 1.29 is 19.6 Å². The van der Waals surface area contributed by atoms with Gasteiger partial charge in [0.15, 0.2) is 0 Å². The van der Waals surface area contributed by atoms with Crippen molar-refractivity contribution in [2.24, 2.45) is 0 Å². The van der Waals surface area contributed by atoms with Crippen molar-refractivity contribution >= 4 is 23.3 Å². The van der Waals surface area contributed by atoms with Gasteiger partial charge in [0.05, 0.1) is 10.5 Å². The van der Waals surface area contributed by atoms with E-state index in [1.807, 2.05) is 0 Å². The Hall–Kier alpha value is -3.22. The first kappa shape index (κ1) is 14.2. The van der Waals surface area contributed by atoms with Crippen molar-refractivity contribution in [1.82, 2.24) is 0 Å². The Kier molecular flexibility index (Phi) is 3.94. The number of para-hydroxylation sites is 1. The van der Waals surface area contributed by atoms with Crippen LogP contribution in [0.25, 0.3) is 0 Å². The van der Waals surface area contributed by atoms with E-state index >= 15 is 0 Å². The lowest BCUT2D eigenvalue weighted by Gasteiger charge is -2.06. The second-order valence-electron chi connectivity index (χ2n) is 4.11. The molecule has 106 valence electrons. The maximum Gasteiger partial charge on any atom is 0.335 e. The van der Waals surface area contributed by atoms with Crippen molar-refractivity contribution in [3.05, 3.63) is 69.8 Å². The molecule has 0 aliphatic heterocycles. The summed E-state index contributed by atoms with van der Waals surface area (Å²) >= 11 is 0. The summed E-state index contributed by atoms with van der Waals surface area (Å²) in [6.45, 7) is 0. The average molecular weight is 286 g/mol. The zero-order valence-electron chi connectivity index (χ0n) is 10.6. The minimum atomic E-state index is -1.08. The number of rotatable bonds is 4. The van der Waals surface area contributed by atoms with E-state index in [1.165, 1.54) is 48.5 Å². The Bertz CT molecular complexity index is 710. The summed E-state index contributed by atoms with van der Waals surface area (Å²) in [7, 11) is 0. The Labute approximate surface area is 119 Å². The number of nitro benzene ring substituents is 1. The van der Waals surface area contributed by atoms with E-state index in [-0.39, 0.29) is 16.8 Å². The number of hydrogen-bond donors (Lipinski definition) is 2. The molecular weight excluding hydrogens is 276 g/mol. The molecule has 0 aromatic heterocycles. The molecule has 0 aliphatic carbocycles. The first-order valence-corrected chi connectivity index (χ1v) is 5.87. The maximum atomic E-state index is 12.0. The monoisotopic (exact) mass is 286 g/mol.